The number of amides is 2. The van der Waals surface area contributed by atoms with Gasteiger partial charge in [0.25, 0.3) is 0 Å². The van der Waals surface area contributed by atoms with Crippen LogP contribution in [-0.2, 0) is 22.6 Å². The van der Waals surface area contributed by atoms with E-state index in [1.807, 2.05) is 60.7 Å². The molecule has 1 N–H and O–H groups in total. The van der Waals surface area contributed by atoms with Crippen LogP contribution < -0.4 is 5.32 Å². The third-order valence-corrected chi connectivity index (χ3v) is 3.81. The fourth-order valence-corrected chi connectivity index (χ4v) is 2.44. The topological polar surface area (TPSA) is 49.4 Å². The SMILES string of the molecule is CNC(=O)[C@@H](C)N(Cc1ccccc1)C(=O)Cc1ccccc1. The van der Waals surface area contributed by atoms with Gasteiger partial charge < -0.3 is 10.2 Å². The lowest BCUT2D eigenvalue weighted by Gasteiger charge is -2.28. The molecule has 0 bridgehead atoms. The van der Waals surface area contributed by atoms with E-state index in [4.69, 9.17) is 0 Å². The van der Waals surface area contributed by atoms with E-state index in [1.165, 1.54) is 0 Å². The maximum Gasteiger partial charge on any atom is 0.242 e. The highest BCUT2D eigenvalue weighted by molar-refractivity contribution is 5.88. The van der Waals surface area contributed by atoms with Crippen LogP contribution in [0.1, 0.15) is 18.1 Å². The van der Waals surface area contributed by atoms with Crippen LogP contribution in [0.4, 0.5) is 0 Å². The molecule has 0 aliphatic rings. The molecule has 0 fully saturated rings. The minimum Gasteiger partial charge on any atom is -0.357 e. The molecule has 0 unspecified atom stereocenters. The Balaban J connectivity index is 2.18. The second kappa shape index (κ2) is 8.13. The largest absolute Gasteiger partial charge is 0.357 e. The Bertz CT molecular complexity index is 641. The molecule has 0 saturated heterocycles. The second-order valence-corrected chi connectivity index (χ2v) is 5.46. The van der Waals surface area contributed by atoms with Gasteiger partial charge in [-0.3, -0.25) is 9.59 Å². The van der Waals surface area contributed by atoms with Gasteiger partial charge in [0.1, 0.15) is 6.04 Å². The van der Waals surface area contributed by atoms with Crippen molar-refractivity contribution >= 4 is 11.8 Å². The number of likely N-dealkylation sites (N-methyl/N-ethyl adjacent to an activating group) is 1. The molecule has 120 valence electrons. The standard InChI is InChI=1S/C19H22N2O2/c1-15(19(23)20-2)21(14-17-11-7-4-8-12-17)18(22)13-16-9-5-3-6-10-16/h3-12,15H,13-14H2,1-2H3,(H,20,23)/t15-/m1/s1. The van der Waals surface area contributed by atoms with Crippen LogP contribution in [0.15, 0.2) is 60.7 Å². The fraction of sp³-hybridized carbons (Fsp3) is 0.263. The van der Waals surface area contributed by atoms with E-state index < -0.39 is 6.04 Å². The number of carbonyl (C=O) groups is 2. The van der Waals surface area contributed by atoms with Crippen LogP contribution in [0, 0.1) is 0 Å². The molecular formula is C19H22N2O2. The first-order chi connectivity index (χ1) is 11.1. The van der Waals surface area contributed by atoms with Gasteiger partial charge >= 0.3 is 0 Å². The summed E-state index contributed by atoms with van der Waals surface area (Å²) in [6.45, 7) is 2.17. The normalized spacial score (nSPS) is 11.6. The molecule has 0 saturated carbocycles. The van der Waals surface area contributed by atoms with Crippen molar-refractivity contribution in [2.24, 2.45) is 0 Å². The Morgan fingerprint density at radius 3 is 2.00 bits per heavy atom. The summed E-state index contributed by atoms with van der Waals surface area (Å²) in [5.41, 5.74) is 1.95. The molecule has 23 heavy (non-hydrogen) atoms. The molecule has 2 amide bonds. The van der Waals surface area contributed by atoms with Crippen LogP contribution in [0.5, 0.6) is 0 Å². The van der Waals surface area contributed by atoms with Gasteiger partial charge in [-0.25, -0.2) is 0 Å². The molecule has 2 rings (SSSR count). The first kappa shape index (κ1) is 16.7. The Morgan fingerprint density at radius 1 is 0.957 bits per heavy atom. The smallest absolute Gasteiger partial charge is 0.242 e. The van der Waals surface area contributed by atoms with Gasteiger partial charge in [-0.1, -0.05) is 60.7 Å². The van der Waals surface area contributed by atoms with E-state index in [9.17, 15) is 9.59 Å². The predicted molar refractivity (Wildman–Crippen MR) is 90.7 cm³/mol. The number of nitrogens with zero attached hydrogens (tertiary/aromatic N) is 1. The Hall–Kier alpha value is -2.62. The van der Waals surface area contributed by atoms with Crippen molar-refractivity contribution in [2.45, 2.75) is 25.9 Å². The van der Waals surface area contributed by atoms with Crippen LogP contribution in [-0.4, -0.2) is 29.8 Å². The first-order valence-electron chi connectivity index (χ1n) is 7.70. The van der Waals surface area contributed by atoms with Crippen LogP contribution in [0.25, 0.3) is 0 Å². The third kappa shape index (κ3) is 4.68. The van der Waals surface area contributed by atoms with Crippen LogP contribution >= 0.6 is 0 Å². The zero-order valence-electron chi connectivity index (χ0n) is 13.5. The van der Waals surface area contributed by atoms with Crippen LogP contribution in [0.2, 0.25) is 0 Å². The summed E-state index contributed by atoms with van der Waals surface area (Å²) >= 11 is 0. The van der Waals surface area contributed by atoms with Crippen LogP contribution in [0.3, 0.4) is 0 Å². The van der Waals surface area contributed by atoms with E-state index in [1.54, 1.807) is 18.9 Å². The molecule has 2 aromatic carbocycles. The van der Waals surface area contributed by atoms with Gasteiger partial charge in [-0.2, -0.15) is 0 Å². The van der Waals surface area contributed by atoms with Gasteiger partial charge in [0.2, 0.25) is 11.8 Å². The number of benzene rings is 2. The second-order valence-electron chi connectivity index (χ2n) is 5.46. The number of carbonyl (C=O) groups excluding carboxylic acids is 2. The fourth-order valence-electron chi connectivity index (χ4n) is 2.44. The predicted octanol–water partition coefficient (Wildman–Crippen LogP) is 2.39. The maximum absolute atomic E-state index is 12.7. The molecular weight excluding hydrogens is 288 g/mol. The summed E-state index contributed by atoms with van der Waals surface area (Å²) < 4.78 is 0. The monoisotopic (exact) mass is 310 g/mol. The summed E-state index contributed by atoms with van der Waals surface area (Å²) in [5, 5.41) is 2.62. The number of rotatable bonds is 6. The van der Waals surface area contributed by atoms with Crippen molar-refractivity contribution in [3.63, 3.8) is 0 Å². The average molecular weight is 310 g/mol. The maximum atomic E-state index is 12.7. The quantitative estimate of drug-likeness (QED) is 0.890. The molecule has 0 heterocycles. The number of hydrogen-bond acceptors (Lipinski definition) is 2. The summed E-state index contributed by atoms with van der Waals surface area (Å²) in [4.78, 5) is 26.3. The highest BCUT2D eigenvalue weighted by Crippen LogP contribution is 2.12. The zero-order chi connectivity index (χ0) is 16.7. The minimum atomic E-state index is -0.517. The summed E-state index contributed by atoms with van der Waals surface area (Å²) in [6.07, 6.45) is 0.287. The Kier molecular flexibility index (Phi) is 5.92. The van der Waals surface area contributed by atoms with Gasteiger partial charge in [-0.15, -0.1) is 0 Å². The lowest BCUT2D eigenvalue weighted by Crippen LogP contribution is -2.47. The average Bonchev–Trinajstić information content (AvgIpc) is 2.60. The third-order valence-electron chi connectivity index (χ3n) is 3.81. The zero-order valence-corrected chi connectivity index (χ0v) is 13.5. The number of hydrogen-bond donors (Lipinski definition) is 1. The lowest BCUT2D eigenvalue weighted by atomic mass is 10.1. The van der Waals surface area contributed by atoms with Crippen molar-refractivity contribution in [3.8, 4) is 0 Å². The highest BCUT2D eigenvalue weighted by Gasteiger charge is 2.25. The van der Waals surface area contributed by atoms with E-state index in [-0.39, 0.29) is 18.2 Å². The molecule has 4 nitrogen and oxygen atoms in total. The first-order valence-corrected chi connectivity index (χ1v) is 7.70. The Labute approximate surface area is 137 Å². The van der Waals surface area contributed by atoms with Gasteiger partial charge in [0.15, 0.2) is 0 Å². The highest BCUT2D eigenvalue weighted by atomic mass is 16.2. The van der Waals surface area contributed by atoms with Gasteiger partial charge in [0.05, 0.1) is 6.42 Å². The van der Waals surface area contributed by atoms with Crippen molar-refractivity contribution in [1.82, 2.24) is 10.2 Å². The van der Waals surface area contributed by atoms with Gasteiger partial charge in [-0.05, 0) is 18.1 Å². The van der Waals surface area contributed by atoms with E-state index in [0.29, 0.717) is 6.54 Å². The van der Waals surface area contributed by atoms with E-state index in [0.717, 1.165) is 11.1 Å². The molecule has 0 aliphatic carbocycles. The minimum absolute atomic E-state index is 0.0591. The van der Waals surface area contributed by atoms with E-state index >= 15 is 0 Å². The number of nitrogens with one attached hydrogen (secondary N) is 1. The summed E-state index contributed by atoms with van der Waals surface area (Å²) in [5.74, 6) is -0.224. The molecule has 4 heteroatoms. The van der Waals surface area contributed by atoms with Gasteiger partial charge in [0, 0.05) is 13.6 Å². The molecule has 0 spiro atoms. The van der Waals surface area contributed by atoms with Crippen molar-refractivity contribution in [2.75, 3.05) is 7.05 Å². The van der Waals surface area contributed by atoms with E-state index in [2.05, 4.69) is 5.32 Å². The molecule has 1 atom stereocenters. The van der Waals surface area contributed by atoms with Crippen molar-refractivity contribution < 1.29 is 9.59 Å². The summed E-state index contributed by atoms with van der Waals surface area (Å²) in [6, 6.07) is 18.8. The lowest BCUT2D eigenvalue weighted by molar-refractivity contribution is -0.139. The molecule has 0 aromatic heterocycles. The Morgan fingerprint density at radius 2 is 1.48 bits per heavy atom. The van der Waals surface area contributed by atoms with Crippen molar-refractivity contribution in [1.29, 1.82) is 0 Å². The summed E-state index contributed by atoms with van der Waals surface area (Å²) in [7, 11) is 1.58. The molecule has 0 aliphatic heterocycles. The molecule has 0 radical (unpaired) electrons. The molecule has 2 aromatic rings. The van der Waals surface area contributed by atoms with Crippen molar-refractivity contribution in [3.05, 3.63) is 71.8 Å².